The molecule has 0 saturated heterocycles. The maximum absolute atomic E-state index is 13.3. The molecule has 0 fully saturated rings. The second kappa shape index (κ2) is 6.32. The van der Waals surface area contributed by atoms with Crippen LogP contribution in [0.2, 0.25) is 0 Å². The maximum Gasteiger partial charge on any atom is 0.191 e. The number of hydrogen-bond donors (Lipinski definition) is 0. The molecule has 25 heavy (non-hydrogen) atoms. The molecule has 3 aromatic carbocycles. The van der Waals surface area contributed by atoms with E-state index in [4.69, 9.17) is 0 Å². The van der Waals surface area contributed by atoms with E-state index in [1.807, 2.05) is 85.8 Å². The van der Waals surface area contributed by atoms with Crippen LogP contribution in [0.5, 0.6) is 0 Å². The quantitative estimate of drug-likeness (QED) is 0.528. The monoisotopic (exact) mass is 327 g/mol. The fraction of sp³-hybridized carbons (Fsp3) is 0.0952. The van der Waals surface area contributed by atoms with Crippen molar-refractivity contribution in [3.8, 4) is 0 Å². The lowest BCUT2D eigenvalue weighted by atomic mass is 9.96. The predicted octanol–water partition coefficient (Wildman–Crippen LogP) is 4.21. The molecule has 0 saturated carbocycles. The Morgan fingerprint density at radius 1 is 0.880 bits per heavy atom. The summed E-state index contributed by atoms with van der Waals surface area (Å²) in [6.45, 7) is 2.01. The molecule has 0 radical (unpaired) electrons. The van der Waals surface area contributed by atoms with E-state index in [1.54, 1.807) is 4.68 Å². The molecule has 4 rings (SSSR count). The van der Waals surface area contributed by atoms with E-state index in [0.717, 1.165) is 22.2 Å². The Morgan fingerprint density at radius 3 is 2.32 bits per heavy atom. The van der Waals surface area contributed by atoms with Crippen molar-refractivity contribution in [1.82, 2.24) is 15.0 Å². The summed E-state index contributed by atoms with van der Waals surface area (Å²) in [5, 5.41) is 8.50. The van der Waals surface area contributed by atoms with Crippen LogP contribution in [0.15, 0.2) is 78.9 Å². The number of carbonyl (C=O) groups excluding carboxylic acids is 1. The van der Waals surface area contributed by atoms with Crippen LogP contribution in [-0.2, 0) is 0 Å². The minimum atomic E-state index is -0.545. The van der Waals surface area contributed by atoms with Crippen molar-refractivity contribution < 1.29 is 4.79 Å². The highest BCUT2D eigenvalue weighted by atomic mass is 16.1. The van der Waals surface area contributed by atoms with Gasteiger partial charge in [-0.15, -0.1) is 5.10 Å². The molecule has 1 unspecified atom stereocenters. The van der Waals surface area contributed by atoms with E-state index in [9.17, 15) is 4.79 Å². The molecule has 0 aliphatic carbocycles. The molecule has 4 heteroatoms. The van der Waals surface area contributed by atoms with E-state index in [0.29, 0.717) is 5.56 Å². The average Bonchev–Trinajstić information content (AvgIpc) is 3.07. The number of para-hydroxylation sites is 1. The van der Waals surface area contributed by atoms with Gasteiger partial charge in [-0.1, -0.05) is 77.5 Å². The number of hydrogen-bond acceptors (Lipinski definition) is 3. The zero-order valence-electron chi connectivity index (χ0n) is 13.8. The van der Waals surface area contributed by atoms with Crippen LogP contribution in [0.25, 0.3) is 11.0 Å². The van der Waals surface area contributed by atoms with Gasteiger partial charge in [-0.3, -0.25) is 4.79 Å². The smallest absolute Gasteiger partial charge is 0.191 e. The van der Waals surface area contributed by atoms with Gasteiger partial charge in [0, 0.05) is 5.56 Å². The number of benzene rings is 3. The van der Waals surface area contributed by atoms with Gasteiger partial charge < -0.3 is 0 Å². The molecule has 0 amide bonds. The lowest BCUT2D eigenvalue weighted by Crippen LogP contribution is -2.22. The zero-order valence-corrected chi connectivity index (χ0v) is 13.8. The Hall–Kier alpha value is -3.27. The fourth-order valence-electron chi connectivity index (χ4n) is 2.99. The van der Waals surface area contributed by atoms with E-state index in [2.05, 4.69) is 10.3 Å². The Labute approximate surface area is 145 Å². The Morgan fingerprint density at radius 2 is 1.56 bits per heavy atom. The van der Waals surface area contributed by atoms with Crippen LogP contribution in [0.4, 0.5) is 0 Å². The Balaban J connectivity index is 1.88. The van der Waals surface area contributed by atoms with Gasteiger partial charge in [0.2, 0.25) is 0 Å². The number of aryl methyl sites for hydroxylation is 1. The number of carbonyl (C=O) groups is 1. The van der Waals surface area contributed by atoms with Gasteiger partial charge in [-0.25, -0.2) is 4.68 Å². The second-order valence-electron chi connectivity index (χ2n) is 6.07. The Kier molecular flexibility index (Phi) is 3.86. The molecule has 122 valence electrons. The van der Waals surface area contributed by atoms with Gasteiger partial charge in [0.05, 0.1) is 5.52 Å². The van der Waals surface area contributed by atoms with Gasteiger partial charge in [-0.2, -0.15) is 0 Å². The summed E-state index contributed by atoms with van der Waals surface area (Å²) in [6.07, 6.45) is 0. The molecular formula is C21H17N3O. The summed E-state index contributed by atoms with van der Waals surface area (Å²) in [5.74, 6) is 0.00172. The van der Waals surface area contributed by atoms with Crippen LogP contribution >= 0.6 is 0 Å². The molecular weight excluding hydrogens is 310 g/mol. The highest BCUT2D eigenvalue weighted by Gasteiger charge is 2.26. The summed E-state index contributed by atoms with van der Waals surface area (Å²) in [5.41, 5.74) is 4.30. The predicted molar refractivity (Wildman–Crippen MR) is 97.6 cm³/mol. The maximum atomic E-state index is 13.3. The number of Topliss-reactive ketones (excluding diaryl/α,β-unsaturated/α-hetero) is 1. The first-order valence-corrected chi connectivity index (χ1v) is 8.20. The van der Waals surface area contributed by atoms with Crippen molar-refractivity contribution in [2.45, 2.75) is 13.0 Å². The van der Waals surface area contributed by atoms with Gasteiger partial charge >= 0.3 is 0 Å². The third kappa shape index (κ3) is 2.83. The third-order valence-electron chi connectivity index (χ3n) is 4.32. The molecule has 0 aliphatic heterocycles. The fourth-order valence-corrected chi connectivity index (χ4v) is 2.99. The van der Waals surface area contributed by atoms with Crippen molar-refractivity contribution >= 4 is 16.8 Å². The minimum absolute atomic E-state index is 0.00172. The normalized spacial score (nSPS) is 12.2. The molecule has 0 N–H and O–H groups in total. The molecule has 0 bridgehead atoms. The molecule has 1 atom stereocenters. The van der Waals surface area contributed by atoms with Gasteiger partial charge in [0.1, 0.15) is 11.6 Å². The molecule has 0 aliphatic rings. The van der Waals surface area contributed by atoms with E-state index >= 15 is 0 Å². The molecule has 4 aromatic rings. The lowest BCUT2D eigenvalue weighted by Gasteiger charge is -2.17. The zero-order chi connectivity index (χ0) is 17.2. The summed E-state index contributed by atoms with van der Waals surface area (Å²) in [6, 6.07) is 24.5. The van der Waals surface area contributed by atoms with Crippen LogP contribution < -0.4 is 0 Å². The van der Waals surface area contributed by atoms with E-state index < -0.39 is 6.04 Å². The first kappa shape index (κ1) is 15.3. The van der Waals surface area contributed by atoms with Crippen LogP contribution in [0.1, 0.15) is 27.5 Å². The number of fused-ring (bicyclic) bond motifs is 1. The summed E-state index contributed by atoms with van der Waals surface area (Å²) in [7, 11) is 0. The third-order valence-corrected chi connectivity index (χ3v) is 4.32. The van der Waals surface area contributed by atoms with Gasteiger partial charge in [-0.05, 0) is 24.6 Å². The van der Waals surface area contributed by atoms with Crippen molar-refractivity contribution in [3.63, 3.8) is 0 Å². The summed E-state index contributed by atoms with van der Waals surface area (Å²) >= 11 is 0. The average molecular weight is 327 g/mol. The number of rotatable bonds is 4. The van der Waals surface area contributed by atoms with Gasteiger partial charge in [0.15, 0.2) is 5.78 Å². The first-order valence-electron chi connectivity index (χ1n) is 8.20. The standard InChI is InChI=1S/C21H17N3O/c1-15-11-13-17(14-12-15)21(25)20(16-7-3-2-4-8-16)24-19-10-6-5-9-18(19)22-23-24/h2-14,20H,1H3. The van der Waals surface area contributed by atoms with Crippen molar-refractivity contribution in [2.24, 2.45) is 0 Å². The van der Waals surface area contributed by atoms with E-state index in [-0.39, 0.29) is 5.78 Å². The van der Waals surface area contributed by atoms with Crippen LogP contribution in [-0.4, -0.2) is 20.8 Å². The van der Waals surface area contributed by atoms with Crippen LogP contribution in [0, 0.1) is 6.92 Å². The Bertz CT molecular complexity index is 1020. The lowest BCUT2D eigenvalue weighted by molar-refractivity contribution is 0.0941. The van der Waals surface area contributed by atoms with Gasteiger partial charge in [0.25, 0.3) is 0 Å². The highest BCUT2D eigenvalue weighted by molar-refractivity contribution is 6.01. The van der Waals surface area contributed by atoms with Crippen molar-refractivity contribution in [1.29, 1.82) is 0 Å². The largest absolute Gasteiger partial charge is 0.291 e. The van der Waals surface area contributed by atoms with Crippen molar-refractivity contribution in [3.05, 3.63) is 95.6 Å². The molecule has 1 heterocycles. The summed E-state index contributed by atoms with van der Waals surface area (Å²) < 4.78 is 1.72. The van der Waals surface area contributed by atoms with Crippen LogP contribution in [0.3, 0.4) is 0 Å². The first-order chi connectivity index (χ1) is 12.2. The number of ketones is 1. The van der Waals surface area contributed by atoms with E-state index in [1.165, 1.54) is 0 Å². The number of nitrogens with zero attached hydrogens (tertiary/aromatic N) is 3. The highest BCUT2D eigenvalue weighted by Crippen LogP contribution is 2.26. The second-order valence-corrected chi connectivity index (χ2v) is 6.07. The molecule has 1 aromatic heterocycles. The SMILES string of the molecule is Cc1ccc(C(=O)C(c2ccccc2)n2nnc3ccccc32)cc1. The van der Waals surface area contributed by atoms with Crippen molar-refractivity contribution in [2.75, 3.05) is 0 Å². The minimum Gasteiger partial charge on any atom is -0.291 e. The number of aromatic nitrogens is 3. The summed E-state index contributed by atoms with van der Waals surface area (Å²) in [4.78, 5) is 13.3. The molecule has 4 nitrogen and oxygen atoms in total. The topological polar surface area (TPSA) is 47.8 Å². The molecule has 0 spiro atoms.